The summed E-state index contributed by atoms with van der Waals surface area (Å²) in [6.07, 6.45) is 0.492. The van der Waals surface area contributed by atoms with Gasteiger partial charge in [-0.05, 0) is 42.3 Å². The van der Waals surface area contributed by atoms with Gasteiger partial charge in [-0.3, -0.25) is 4.79 Å². The fourth-order valence-corrected chi connectivity index (χ4v) is 2.59. The van der Waals surface area contributed by atoms with Crippen LogP contribution in [0.1, 0.15) is 37.4 Å². The first kappa shape index (κ1) is 16.7. The highest BCUT2D eigenvalue weighted by Crippen LogP contribution is 2.17. The van der Waals surface area contributed by atoms with Gasteiger partial charge >= 0.3 is 0 Å². The Labute approximate surface area is 140 Å². The van der Waals surface area contributed by atoms with Gasteiger partial charge in [-0.15, -0.1) is 0 Å². The molecule has 0 aromatic heterocycles. The standard InChI is InChI=1S/C18H21BrN2O/c1-3-18(22)21-17-9-7-15(8-10-17)13(2)20-12-14-5-4-6-16(19)11-14/h4-11,13,20H,3,12H2,1-2H3,(H,21,22). The Hall–Kier alpha value is -1.65. The van der Waals surface area contributed by atoms with Crippen LogP contribution in [-0.4, -0.2) is 5.91 Å². The topological polar surface area (TPSA) is 41.1 Å². The smallest absolute Gasteiger partial charge is 0.224 e. The van der Waals surface area contributed by atoms with Gasteiger partial charge in [0.25, 0.3) is 0 Å². The molecule has 0 aliphatic heterocycles. The molecule has 0 fully saturated rings. The SMILES string of the molecule is CCC(=O)Nc1ccc(C(C)NCc2cccc(Br)c2)cc1. The number of anilines is 1. The summed E-state index contributed by atoms with van der Waals surface area (Å²) >= 11 is 3.49. The summed E-state index contributed by atoms with van der Waals surface area (Å²) in [5.41, 5.74) is 3.28. The lowest BCUT2D eigenvalue weighted by Crippen LogP contribution is -2.18. The second kappa shape index (κ2) is 8.11. The van der Waals surface area contributed by atoms with Gasteiger partial charge in [0, 0.05) is 29.2 Å². The third kappa shape index (κ3) is 4.97. The number of amides is 1. The lowest BCUT2D eigenvalue weighted by atomic mass is 10.1. The van der Waals surface area contributed by atoms with Crippen molar-refractivity contribution in [3.05, 3.63) is 64.1 Å². The molecule has 0 aliphatic carbocycles. The van der Waals surface area contributed by atoms with Crippen molar-refractivity contribution in [3.63, 3.8) is 0 Å². The van der Waals surface area contributed by atoms with Crippen LogP contribution in [0.25, 0.3) is 0 Å². The van der Waals surface area contributed by atoms with Crippen LogP contribution in [0.5, 0.6) is 0 Å². The van der Waals surface area contributed by atoms with Crippen molar-refractivity contribution < 1.29 is 4.79 Å². The lowest BCUT2D eigenvalue weighted by molar-refractivity contribution is -0.115. The van der Waals surface area contributed by atoms with E-state index in [2.05, 4.69) is 45.6 Å². The van der Waals surface area contributed by atoms with E-state index in [-0.39, 0.29) is 11.9 Å². The Kier molecular flexibility index (Phi) is 6.16. The van der Waals surface area contributed by atoms with Gasteiger partial charge in [0.05, 0.1) is 0 Å². The van der Waals surface area contributed by atoms with E-state index in [4.69, 9.17) is 0 Å². The predicted octanol–water partition coefficient (Wildman–Crippen LogP) is 4.65. The summed E-state index contributed by atoms with van der Waals surface area (Å²) < 4.78 is 1.09. The zero-order valence-electron chi connectivity index (χ0n) is 12.9. The zero-order chi connectivity index (χ0) is 15.9. The van der Waals surface area contributed by atoms with Crippen molar-refractivity contribution in [2.75, 3.05) is 5.32 Å². The largest absolute Gasteiger partial charge is 0.326 e. The highest BCUT2D eigenvalue weighted by molar-refractivity contribution is 9.10. The quantitative estimate of drug-likeness (QED) is 0.787. The number of carbonyl (C=O) groups is 1. The molecule has 2 aromatic rings. The summed E-state index contributed by atoms with van der Waals surface area (Å²) in [7, 11) is 0. The second-order valence-corrected chi connectivity index (χ2v) is 6.17. The molecule has 0 bridgehead atoms. The van der Waals surface area contributed by atoms with Crippen LogP contribution in [0.2, 0.25) is 0 Å². The molecule has 0 saturated carbocycles. The van der Waals surface area contributed by atoms with E-state index in [1.54, 1.807) is 0 Å². The van der Waals surface area contributed by atoms with E-state index < -0.39 is 0 Å². The number of hydrogen-bond acceptors (Lipinski definition) is 2. The molecule has 0 heterocycles. The van der Waals surface area contributed by atoms with Gasteiger partial charge in [0.2, 0.25) is 5.91 Å². The van der Waals surface area contributed by atoms with Crippen molar-refractivity contribution in [1.82, 2.24) is 5.32 Å². The number of nitrogens with one attached hydrogen (secondary N) is 2. The van der Waals surface area contributed by atoms with Crippen LogP contribution in [0.4, 0.5) is 5.69 Å². The molecule has 2 rings (SSSR count). The molecule has 2 N–H and O–H groups in total. The molecule has 1 amide bonds. The molecule has 0 spiro atoms. The Bertz CT molecular complexity index is 625. The maximum Gasteiger partial charge on any atom is 0.224 e. The first-order valence-electron chi connectivity index (χ1n) is 7.46. The molecule has 116 valence electrons. The van der Waals surface area contributed by atoms with E-state index in [1.807, 2.05) is 43.3 Å². The summed E-state index contributed by atoms with van der Waals surface area (Å²) in [5, 5.41) is 6.36. The van der Waals surface area contributed by atoms with Crippen molar-refractivity contribution in [1.29, 1.82) is 0 Å². The third-order valence-corrected chi connectivity index (χ3v) is 4.01. The predicted molar refractivity (Wildman–Crippen MR) is 94.8 cm³/mol. The summed E-state index contributed by atoms with van der Waals surface area (Å²) in [5.74, 6) is 0.0357. The van der Waals surface area contributed by atoms with Crippen molar-refractivity contribution in [2.45, 2.75) is 32.9 Å². The molecule has 0 radical (unpaired) electrons. The fourth-order valence-electron chi connectivity index (χ4n) is 2.14. The molecule has 1 atom stereocenters. The molecular formula is C18H21BrN2O. The third-order valence-electron chi connectivity index (χ3n) is 3.52. The molecule has 4 heteroatoms. The minimum atomic E-state index is 0.0357. The highest BCUT2D eigenvalue weighted by Gasteiger charge is 2.06. The summed E-state index contributed by atoms with van der Waals surface area (Å²) in [4.78, 5) is 11.4. The number of halogens is 1. The van der Waals surface area contributed by atoms with Crippen LogP contribution >= 0.6 is 15.9 Å². The minimum absolute atomic E-state index is 0.0357. The normalized spacial score (nSPS) is 12.0. The average Bonchev–Trinajstić information content (AvgIpc) is 2.53. The molecule has 0 saturated heterocycles. The average molecular weight is 361 g/mol. The molecule has 22 heavy (non-hydrogen) atoms. The second-order valence-electron chi connectivity index (χ2n) is 5.26. The van der Waals surface area contributed by atoms with E-state index in [0.717, 1.165) is 16.7 Å². The first-order chi connectivity index (χ1) is 10.6. The Morgan fingerprint density at radius 3 is 2.55 bits per heavy atom. The number of benzene rings is 2. The molecule has 1 unspecified atom stereocenters. The Balaban J connectivity index is 1.92. The lowest BCUT2D eigenvalue weighted by Gasteiger charge is -2.15. The van der Waals surface area contributed by atoms with Crippen LogP contribution < -0.4 is 10.6 Å². The van der Waals surface area contributed by atoms with Crippen molar-refractivity contribution >= 4 is 27.5 Å². The number of carbonyl (C=O) groups excluding carboxylic acids is 1. The van der Waals surface area contributed by atoms with Crippen LogP contribution in [0, 0.1) is 0 Å². The maximum atomic E-state index is 11.4. The van der Waals surface area contributed by atoms with Crippen molar-refractivity contribution in [2.24, 2.45) is 0 Å². The van der Waals surface area contributed by atoms with E-state index in [1.165, 1.54) is 11.1 Å². The Morgan fingerprint density at radius 2 is 1.91 bits per heavy atom. The maximum absolute atomic E-state index is 11.4. The van der Waals surface area contributed by atoms with E-state index in [9.17, 15) is 4.79 Å². The minimum Gasteiger partial charge on any atom is -0.326 e. The molecular weight excluding hydrogens is 340 g/mol. The monoisotopic (exact) mass is 360 g/mol. The van der Waals surface area contributed by atoms with Gasteiger partial charge in [-0.1, -0.05) is 47.1 Å². The van der Waals surface area contributed by atoms with Gasteiger partial charge in [0.15, 0.2) is 0 Å². The van der Waals surface area contributed by atoms with Gasteiger partial charge in [-0.2, -0.15) is 0 Å². The van der Waals surface area contributed by atoms with Crippen LogP contribution in [0.3, 0.4) is 0 Å². The summed E-state index contributed by atoms with van der Waals surface area (Å²) in [6, 6.07) is 16.5. The van der Waals surface area contributed by atoms with E-state index in [0.29, 0.717) is 6.42 Å². The highest BCUT2D eigenvalue weighted by atomic mass is 79.9. The van der Waals surface area contributed by atoms with Crippen LogP contribution in [-0.2, 0) is 11.3 Å². The fraction of sp³-hybridized carbons (Fsp3) is 0.278. The summed E-state index contributed by atoms with van der Waals surface area (Å²) in [6.45, 7) is 4.80. The molecule has 3 nitrogen and oxygen atoms in total. The zero-order valence-corrected chi connectivity index (χ0v) is 14.5. The molecule has 2 aromatic carbocycles. The number of hydrogen-bond donors (Lipinski definition) is 2. The van der Waals surface area contributed by atoms with Gasteiger partial charge in [0.1, 0.15) is 0 Å². The molecule has 0 aliphatic rings. The number of rotatable bonds is 6. The van der Waals surface area contributed by atoms with Gasteiger partial charge < -0.3 is 10.6 Å². The van der Waals surface area contributed by atoms with E-state index >= 15 is 0 Å². The van der Waals surface area contributed by atoms with Gasteiger partial charge in [-0.25, -0.2) is 0 Å². The first-order valence-corrected chi connectivity index (χ1v) is 8.25. The van der Waals surface area contributed by atoms with Crippen molar-refractivity contribution in [3.8, 4) is 0 Å². The van der Waals surface area contributed by atoms with Crippen LogP contribution in [0.15, 0.2) is 53.0 Å². The Morgan fingerprint density at radius 1 is 1.18 bits per heavy atom.